The van der Waals surface area contributed by atoms with Crippen molar-refractivity contribution in [1.29, 1.82) is 0 Å². The molecular formula is C21H24N4. The molecule has 1 heterocycles. The maximum absolute atomic E-state index is 4.68. The second-order valence-corrected chi connectivity index (χ2v) is 6.17. The predicted molar refractivity (Wildman–Crippen MR) is 104 cm³/mol. The highest BCUT2D eigenvalue weighted by atomic mass is 15.2. The lowest BCUT2D eigenvalue weighted by Gasteiger charge is -2.19. The van der Waals surface area contributed by atoms with Crippen LogP contribution in [0.1, 0.15) is 23.6 Å². The Labute approximate surface area is 149 Å². The normalized spacial score (nSPS) is 10.5. The molecule has 4 heteroatoms. The summed E-state index contributed by atoms with van der Waals surface area (Å²) in [7, 11) is 2.05. The number of hydrogen-bond donors (Lipinski definition) is 1. The van der Waals surface area contributed by atoms with Gasteiger partial charge in [0, 0.05) is 25.5 Å². The van der Waals surface area contributed by atoms with E-state index < -0.39 is 0 Å². The number of aryl methyl sites for hydroxylation is 2. The van der Waals surface area contributed by atoms with Gasteiger partial charge in [0.25, 0.3) is 0 Å². The summed E-state index contributed by atoms with van der Waals surface area (Å²) in [6.07, 6.45) is 2.77. The van der Waals surface area contributed by atoms with Crippen LogP contribution in [-0.2, 0) is 13.0 Å². The third kappa shape index (κ3) is 4.15. The highest BCUT2D eigenvalue weighted by Gasteiger charge is 2.09. The molecule has 0 bridgehead atoms. The molecule has 3 rings (SSSR count). The minimum Gasteiger partial charge on any atom is -0.355 e. The van der Waals surface area contributed by atoms with Gasteiger partial charge in [0.1, 0.15) is 5.82 Å². The summed E-state index contributed by atoms with van der Waals surface area (Å²) in [4.78, 5) is 11.2. The lowest BCUT2D eigenvalue weighted by Crippen LogP contribution is -2.18. The van der Waals surface area contributed by atoms with Gasteiger partial charge in [0.15, 0.2) is 0 Å². The van der Waals surface area contributed by atoms with Crippen molar-refractivity contribution in [3.8, 4) is 0 Å². The summed E-state index contributed by atoms with van der Waals surface area (Å²) in [6, 6.07) is 18.7. The van der Waals surface area contributed by atoms with Crippen molar-refractivity contribution in [3.63, 3.8) is 0 Å². The second-order valence-electron chi connectivity index (χ2n) is 6.17. The van der Waals surface area contributed by atoms with Crippen molar-refractivity contribution in [3.05, 3.63) is 77.5 Å². The van der Waals surface area contributed by atoms with Gasteiger partial charge in [-0.1, -0.05) is 55.5 Å². The number of hydrogen-bond acceptors (Lipinski definition) is 4. The standard InChI is InChI=1S/C21H24N4/c1-4-18-12-8-9-16(2)20(18)24-21-22-14-13-19(23-21)25(3)15-17-10-6-5-7-11-17/h5-14H,4,15H2,1-3H3,(H,22,23,24). The van der Waals surface area contributed by atoms with Gasteiger partial charge in [-0.2, -0.15) is 4.98 Å². The number of anilines is 3. The van der Waals surface area contributed by atoms with Gasteiger partial charge in [-0.25, -0.2) is 4.98 Å². The van der Waals surface area contributed by atoms with E-state index in [2.05, 4.69) is 76.5 Å². The van der Waals surface area contributed by atoms with Crippen molar-refractivity contribution in [1.82, 2.24) is 9.97 Å². The molecule has 0 aliphatic heterocycles. The minimum atomic E-state index is 0.626. The van der Waals surface area contributed by atoms with Crippen LogP contribution in [0.15, 0.2) is 60.8 Å². The van der Waals surface area contributed by atoms with Gasteiger partial charge in [0.05, 0.1) is 0 Å². The largest absolute Gasteiger partial charge is 0.355 e. The monoisotopic (exact) mass is 332 g/mol. The van der Waals surface area contributed by atoms with Crippen LogP contribution in [0, 0.1) is 6.92 Å². The van der Waals surface area contributed by atoms with Crippen LogP contribution in [-0.4, -0.2) is 17.0 Å². The molecule has 0 amide bonds. The van der Waals surface area contributed by atoms with E-state index in [0.717, 1.165) is 24.5 Å². The van der Waals surface area contributed by atoms with Gasteiger partial charge < -0.3 is 10.2 Å². The first-order chi connectivity index (χ1) is 12.2. The molecule has 0 aliphatic rings. The summed E-state index contributed by atoms with van der Waals surface area (Å²) >= 11 is 0. The second kappa shape index (κ2) is 7.79. The molecule has 25 heavy (non-hydrogen) atoms. The Balaban J connectivity index is 1.80. The highest BCUT2D eigenvalue weighted by Crippen LogP contribution is 2.24. The first-order valence-corrected chi connectivity index (χ1v) is 8.61. The Morgan fingerprint density at radius 1 is 1.00 bits per heavy atom. The summed E-state index contributed by atoms with van der Waals surface area (Å²) in [5.41, 5.74) is 4.83. The third-order valence-electron chi connectivity index (χ3n) is 4.27. The van der Waals surface area contributed by atoms with Crippen molar-refractivity contribution in [2.75, 3.05) is 17.3 Å². The first-order valence-electron chi connectivity index (χ1n) is 8.61. The molecule has 0 unspecified atom stereocenters. The molecule has 0 aliphatic carbocycles. The van der Waals surface area contributed by atoms with E-state index in [4.69, 9.17) is 0 Å². The Kier molecular flexibility index (Phi) is 5.29. The number of rotatable bonds is 6. The van der Waals surface area contributed by atoms with E-state index in [0.29, 0.717) is 5.95 Å². The molecule has 0 radical (unpaired) electrons. The summed E-state index contributed by atoms with van der Waals surface area (Å²) in [6.45, 7) is 5.07. The molecule has 0 saturated heterocycles. The Morgan fingerprint density at radius 3 is 2.56 bits per heavy atom. The van der Waals surface area contributed by atoms with Crippen LogP contribution in [0.25, 0.3) is 0 Å². The Hall–Kier alpha value is -2.88. The van der Waals surface area contributed by atoms with Gasteiger partial charge in [-0.05, 0) is 36.1 Å². The molecule has 128 valence electrons. The molecule has 0 atom stereocenters. The van der Waals surface area contributed by atoms with E-state index in [1.54, 1.807) is 6.20 Å². The average molecular weight is 332 g/mol. The number of nitrogens with one attached hydrogen (secondary N) is 1. The van der Waals surface area contributed by atoms with Crippen LogP contribution in [0.3, 0.4) is 0 Å². The van der Waals surface area contributed by atoms with Crippen LogP contribution < -0.4 is 10.2 Å². The maximum Gasteiger partial charge on any atom is 0.229 e. The van der Waals surface area contributed by atoms with Crippen LogP contribution >= 0.6 is 0 Å². The fourth-order valence-electron chi connectivity index (χ4n) is 2.87. The highest BCUT2D eigenvalue weighted by molar-refractivity contribution is 5.63. The van der Waals surface area contributed by atoms with E-state index >= 15 is 0 Å². The first kappa shape index (κ1) is 17.0. The molecule has 2 aromatic carbocycles. The third-order valence-corrected chi connectivity index (χ3v) is 4.27. The zero-order valence-corrected chi connectivity index (χ0v) is 15.0. The number of benzene rings is 2. The van der Waals surface area contributed by atoms with Crippen molar-refractivity contribution in [2.45, 2.75) is 26.8 Å². The fourth-order valence-corrected chi connectivity index (χ4v) is 2.87. The lowest BCUT2D eigenvalue weighted by atomic mass is 10.1. The van der Waals surface area contributed by atoms with Crippen molar-refractivity contribution < 1.29 is 0 Å². The van der Waals surface area contributed by atoms with Crippen LogP contribution in [0.5, 0.6) is 0 Å². The molecule has 3 aromatic rings. The SMILES string of the molecule is CCc1cccc(C)c1Nc1nccc(N(C)Cc2ccccc2)n1. The Bertz CT molecular complexity index is 830. The molecule has 4 nitrogen and oxygen atoms in total. The fraction of sp³-hybridized carbons (Fsp3) is 0.238. The summed E-state index contributed by atoms with van der Waals surface area (Å²) in [5, 5.41) is 3.40. The van der Waals surface area contributed by atoms with Gasteiger partial charge in [-0.15, -0.1) is 0 Å². The van der Waals surface area contributed by atoms with Gasteiger partial charge >= 0.3 is 0 Å². The summed E-state index contributed by atoms with van der Waals surface area (Å²) < 4.78 is 0. The average Bonchev–Trinajstić information content (AvgIpc) is 2.64. The number of aromatic nitrogens is 2. The number of nitrogens with zero attached hydrogens (tertiary/aromatic N) is 3. The predicted octanol–water partition coefficient (Wildman–Crippen LogP) is 4.73. The molecule has 0 saturated carbocycles. The Morgan fingerprint density at radius 2 is 1.80 bits per heavy atom. The van der Waals surface area contributed by atoms with Crippen molar-refractivity contribution in [2.24, 2.45) is 0 Å². The smallest absolute Gasteiger partial charge is 0.229 e. The van der Waals surface area contributed by atoms with E-state index in [9.17, 15) is 0 Å². The van der Waals surface area contributed by atoms with Gasteiger partial charge in [0.2, 0.25) is 5.95 Å². The van der Waals surface area contributed by atoms with Crippen LogP contribution in [0.2, 0.25) is 0 Å². The molecular weight excluding hydrogens is 308 g/mol. The minimum absolute atomic E-state index is 0.626. The maximum atomic E-state index is 4.68. The quantitative estimate of drug-likeness (QED) is 0.708. The molecule has 0 fully saturated rings. The summed E-state index contributed by atoms with van der Waals surface area (Å²) in [5.74, 6) is 1.52. The zero-order valence-electron chi connectivity index (χ0n) is 15.0. The lowest BCUT2D eigenvalue weighted by molar-refractivity contribution is 0.892. The van der Waals surface area contributed by atoms with Gasteiger partial charge in [-0.3, -0.25) is 0 Å². The van der Waals surface area contributed by atoms with E-state index in [1.165, 1.54) is 16.7 Å². The number of para-hydroxylation sites is 1. The van der Waals surface area contributed by atoms with E-state index in [-0.39, 0.29) is 0 Å². The topological polar surface area (TPSA) is 41.1 Å². The zero-order chi connectivity index (χ0) is 17.6. The molecule has 1 aromatic heterocycles. The van der Waals surface area contributed by atoms with Crippen LogP contribution in [0.4, 0.5) is 17.5 Å². The van der Waals surface area contributed by atoms with E-state index in [1.807, 2.05) is 19.2 Å². The van der Waals surface area contributed by atoms with Crippen molar-refractivity contribution >= 4 is 17.5 Å². The molecule has 1 N–H and O–H groups in total. The molecule has 0 spiro atoms.